The maximum Gasteiger partial charge on any atom is 0.317 e. The van der Waals surface area contributed by atoms with Gasteiger partial charge in [0.1, 0.15) is 0 Å². The zero-order valence-electron chi connectivity index (χ0n) is 12.8. The number of nitrogens with zero attached hydrogens (tertiary/aromatic N) is 1. The Morgan fingerprint density at radius 1 is 1.20 bits per heavy atom. The number of aliphatic hydroxyl groups excluding tert-OH is 1. The molecule has 3 N–H and O–H groups in total. The molecule has 0 aliphatic carbocycles. The first-order chi connectivity index (χ1) is 9.11. The summed E-state index contributed by atoms with van der Waals surface area (Å²) in [5, 5.41) is 21.2. The highest BCUT2D eigenvalue weighted by molar-refractivity contribution is 5.79. The van der Waals surface area contributed by atoms with E-state index in [4.69, 9.17) is 5.11 Å². The van der Waals surface area contributed by atoms with Gasteiger partial charge in [-0.15, -0.1) is 0 Å². The minimum Gasteiger partial charge on any atom is -0.481 e. The summed E-state index contributed by atoms with van der Waals surface area (Å²) in [7, 11) is 0. The van der Waals surface area contributed by atoms with Crippen molar-refractivity contribution in [1.29, 1.82) is 0 Å². The number of hydrogen-bond donors (Lipinski definition) is 3. The molecule has 0 aromatic heterocycles. The number of likely N-dealkylation sites (tertiary alicyclic amines) is 1. The zero-order chi connectivity index (χ0) is 15.6. The van der Waals surface area contributed by atoms with Crippen LogP contribution in [0.3, 0.4) is 0 Å². The molecule has 0 spiro atoms. The van der Waals surface area contributed by atoms with Crippen LogP contribution >= 0.6 is 0 Å². The maximum atomic E-state index is 12.2. The molecule has 1 rings (SSSR count). The number of nitrogens with one attached hydrogen (secondary N) is 1. The molecular weight excluding hydrogens is 260 g/mol. The standard InChI is InChI=1S/C14H26N2O4/c1-13(2,11(18)19)14(3,4)15-12(20)16-7-5-10(9-17)6-8-16/h10,17H,5-9H2,1-4H3,(H,15,20)(H,18,19). The van der Waals surface area contributed by atoms with Gasteiger partial charge in [0, 0.05) is 19.7 Å². The highest BCUT2D eigenvalue weighted by Gasteiger charge is 2.45. The summed E-state index contributed by atoms with van der Waals surface area (Å²) in [4.78, 5) is 25.2. The van der Waals surface area contributed by atoms with Crippen LogP contribution in [0, 0.1) is 11.3 Å². The molecule has 1 aliphatic heterocycles. The van der Waals surface area contributed by atoms with E-state index in [0.29, 0.717) is 13.1 Å². The molecule has 1 heterocycles. The average Bonchev–Trinajstić information content (AvgIpc) is 2.37. The Morgan fingerprint density at radius 2 is 1.70 bits per heavy atom. The highest BCUT2D eigenvalue weighted by Crippen LogP contribution is 2.31. The molecule has 0 atom stereocenters. The Kier molecular flexibility index (Phi) is 5.02. The fourth-order valence-corrected chi connectivity index (χ4v) is 2.09. The first-order valence-corrected chi connectivity index (χ1v) is 7.03. The summed E-state index contributed by atoms with van der Waals surface area (Å²) >= 11 is 0. The van der Waals surface area contributed by atoms with E-state index in [-0.39, 0.29) is 18.6 Å². The van der Waals surface area contributed by atoms with Crippen molar-refractivity contribution in [3.8, 4) is 0 Å². The molecular formula is C14H26N2O4. The van der Waals surface area contributed by atoms with E-state index in [1.807, 2.05) is 0 Å². The third kappa shape index (κ3) is 3.42. The van der Waals surface area contributed by atoms with Gasteiger partial charge in [0.05, 0.1) is 11.0 Å². The molecule has 0 aromatic carbocycles. The first kappa shape index (κ1) is 16.8. The third-order valence-corrected chi connectivity index (χ3v) is 4.68. The lowest BCUT2D eigenvalue weighted by atomic mass is 9.74. The molecule has 2 amide bonds. The second-order valence-electron chi connectivity index (χ2n) is 6.60. The topological polar surface area (TPSA) is 89.9 Å². The lowest BCUT2D eigenvalue weighted by Gasteiger charge is -2.41. The van der Waals surface area contributed by atoms with Crippen LogP contribution in [0.1, 0.15) is 40.5 Å². The van der Waals surface area contributed by atoms with Crippen molar-refractivity contribution < 1.29 is 19.8 Å². The largest absolute Gasteiger partial charge is 0.481 e. The Labute approximate surface area is 120 Å². The Hall–Kier alpha value is -1.30. The van der Waals surface area contributed by atoms with Gasteiger partial charge in [-0.2, -0.15) is 0 Å². The van der Waals surface area contributed by atoms with Gasteiger partial charge in [-0.1, -0.05) is 0 Å². The second-order valence-corrected chi connectivity index (χ2v) is 6.60. The summed E-state index contributed by atoms with van der Waals surface area (Å²) in [5.41, 5.74) is -1.92. The molecule has 116 valence electrons. The van der Waals surface area contributed by atoms with Gasteiger partial charge in [-0.25, -0.2) is 4.79 Å². The number of carbonyl (C=O) groups excluding carboxylic acids is 1. The minimum atomic E-state index is -1.06. The normalized spacial score (nSPS) is 17.9. The summed E-state index contributed by atoms with van der Waals surface area (Å²) in [5.74, 6) is -0.677. The summed E-state index contributed by atoms with van der Waals surface area (Å²) < 4.78 is 0. The number of rotatable bonds is 4. The van der Waals surface area contributed by atoms with Crippen LogP contribution in [-0.2, 0) is 4.79 Å². The van der Waals surface area contributed by atoms with Crippen LogP contribution in [0.15, 0.2) is 0 Å². The molecule has 6 heteroatoms. The smallest absolute Gasteiger partial charge is 0.317 e. The van der Waals surface area contributed by atoms with Crippen molar-refractivity contribution in [1.82, 2.24) is 10.2 Å². The van der Waals surface area contributed by atoms with Gasteiger partial charge in [-0.3, -0.25) is 4.79 Å². The van der Waals surface area contributed by atoms with Crippen LogP contribution in [0.5, 0.6) is 0 Å². The van der Waals surface area contributed by atoms with Crippen LogP contribution in [0.2, 0.25) is 0 Å². The number of carboxylic acid groups (broad SMARTS) is 1. The fraction of sp³-hybridized carbons (Fsp3) is 0.857. The van der Waals surface area contributed by atoms with Crippen LogP contribution in [-0.4, -0.2) is 52.3 Å². The number of amides is 2. The van der Waals surface area contributed by atoms with E-state index < -0.39 is 16.9 Å². The van der Waals surface area contributed by atoms with E-state index in [9.17, 15) is 14.7 Å². The Morgan fingerprint density at radius 3 is 2.10 bits per heavy atom. The molecule has 1 aliphatic rings. The number of carbonyl (C=O) groups is 2. The van der Waals surface area contributed by atoms with Crippen molar-refractivity contribution in [3.63, 3.8) is 0 Å². The molecule has 1 saturated heterocycles. The van der Waals surface area contributed by atoms with E-state index >= 15 is 0 Å². The molecule has 0 saturated carbocycles. The number of carboxylic acids is 1. The van der Waals surface area contributed by atoms with E-state index in [1.54, 1.807) is 32.6 Å². The van der Waals surface area contributed by atoms with Crippen molar-refractivity contribution in [2.45, 2.75) is 46.1 Å². The Balaban J connectivity index is 2.64. The predicted molar refractivity (Wildman–Crippen MR) is 75.4 cm³/mol. The molecule has 6 nitrogen and oxygen atoms in total. The van der Waals surface area contributed by atoms with Crippen LogP contribution in [0.25, 0.3) is 0 Å². The van der Waals surface area contributed by atoms with Crippen LogP contribution in [0.4, 0.5) is 4.79 Å². The average molecular weight is 286 g/mol. The maximum absolute atomic E-state index is 12.2. The first-order valence-electron chi connectivity index (χ1n) is 7.03. The van der Waals surface area contributed by atoms with Gasteiger partial charge >= 0.3 is 12.0 Å². The van der Waals surface area contributed by atoms with E-state index in [0.717, 1.165) is 12.8 Å². The monoisotopic (exact) mass is 286 g/mol. The van der Waals surface area contributed by atoms with Crippen LogP contribution < -0.4 is 5.32 Å². The van der Waals surface area contributed by atoms with Gasteiger partial charge in [0.25, 0.3) is 0 Å². The van der Waals surface area contributed by atoms with Gasteiger partial charge in [0.15, 0.2) is 0 Å². The van der Waals surface area contributed by atoms with Crippen molar-refractivity contribution in [3.05, 3.63) is 0 Å². The molecule has 0 bridgehead atoms. The van der Waals surface area contributed by atoms with Gasteiger partial charge < -0.3 is 20.4 Å². The molecule has 20 heavy (non-hydrogen) atoms. The summed E-state index contributed by atoms with van der Waals surface area (Å²) in [6.07, 6.45) is 1.57. The predicted octanol–water partition coefficient (Wildman–Crippen LogP) is 1.29. The van der Waals surface area contributed by atoms with E-state index in [1.165, 1.54) is 0 Å². The molecule has 0 radical (unpaired) electrons. The van der Waals surface area contributed by atoms with Crippen molar-refractivity contribution >= 4 is 12.0 Å². The fourth-order valence-electron chi connectivity index (χ4n) is 2.09. The number of urea groups is 1. The third-order valence-electron chi connectivity index (χ3n) is 4.68. The Bertz CT molecular complexity index is 371. The lowest BCUT2D eigenvalue weighted by Crippen LogP contribution is -2.60. The highest BCUT2D eigenvalue weighted by atomic mass is 16.4. The number of piperidine rings is 1. The lowest BCUT2D eigenvalue weighted by molar-refractivity contribution is -0.150. The number of aliphatic hydroxyl groups is 1. The number of aliphatic carboxylic acids is 1. The molecule has 0 unspecified atom stereocenters. The summed E-state index contributed by atoms with van der Waals surface area (Å²) in [6, 6.07) is -0.235. The SMILES string of the molecule is CC(C)(NC(=O)N1CCC(CO)CC1)C(C)(C)C(=O)O. The number of hydrogen-bond acceptors (Lipinski definition) is 3. The van der Waals surface area contributed by atoms with E-state index in [2.05, 4.69) is 5.32 Å². The molecule has 0 aromatic rings. The summed E-state index contributed by atoms with van der Waals surface area (Å²) in [6.45, 7) is 8.01. The second kappa shape index (κ2) is 5.99. The quantitative estimate of drug-likeness (QED) is 0.726. The minimum absolute atomic E-state index is 0.160. The van der Waals surface area contributed by atoms with Gasteiger partial charge in [-0.05, 0) is 46.5 Å². The van der Waals surface area contributed by atoms with Gasteiger partial charge in [0.2, 0.25) is 0 Å². The van der Waals surface area contributed by atoms with Crippen molar-refractivity contribution in [2.75, 3.05) is 19.7 Å². The zero-order valence-corrected chi connectivity index (χ0v) is 12.8. The molecule has 1 fully saturated rings. The van der Waals surface area contributed by atoms with Crippen molar-refractivity contribution in [2.24, 2.45) is 11.3 Å².